The fraction of sp³-hybridized carbons (Fsp3) is 0.619. The number of ether oxygens (including phenoxy) is 1. The Balaban J connectivity index is 1.52. The maximum absolute atomic E-state index is 12.3. The van der Waals surface area contributed by atoms with Crippen LogP contribution in [-0.4, -0.2) is 31.0 Å². The average Bonchev–Trinajstić information content (AvgIpc) is 2.61. The van der Waals surface area contributed by atoms with E-state index in [2.05, 4.69) is 19.2 Å². The van der Waals surface area contributed by atoms with Crippen molar-refractivity contribution in [3.8, 4) is 5.75 Å². The third kappa shape index (κ3) is 4.19. The number of fused-ring (bicyclic) bond motifs is 1. The molecule has 5 heteroatoms. The first kappa shape index (κ1) is 18.7. The maximum atomic E-state index is 12.3. The summed E-state index contributed by atoms with van der Waals surface area (Å²) in [6.45, 7) is 7.12. The van der Waals surface area contributed by atoms with E-state index in [-0.39, 0.29) is 18.4 Å². The summed E-state index contributed by atoms with van der Waals surface area (Å²) in [4.78, 5) is 26.3. The van der Waals surface area contributed by atoms with Crippen molar-refractivity contribution in [2.24, 2.45) is 11.8 Å². The van der Waals surface area contributed by atoms with Gasteiger partial charge >= 0.3 is 0 Å². The summed E-state index contributed by atoms with van der Waals surface area (Å²) >= 11 is 0. The highest BCUT2D eigenvalue weighted by atomic mass is 16.5. The zero-order valence-electron chi connectivity index (χ0n) is 16.1. The minimum absolute atomic E-state index is 0.0433. The van der Waals surface area contributed by atoms with Crippen molar-refractivity contribution in [3.63, 3.8) is 0 Å². The number of benzene rings is 1. The lowest BCUT2D eigenvalue weighted by Gasteiger charge is -2.34. The molecular weight excluding hydrogens is 328 g/mol. The van der Waals surface area contributed by atoms with Gasteiger partial charge in [0.2, 0.25) is 5.91 Å². The van der Waals surface area contributed by atoms with Gasteiger partial charge in [-0.05, 0) is 49.3 Å². The Kier molecular flexibility index (Phi) is 5.84. The van der Waals surface area contributed by atoms with E-state index in [1.807, 2.05) is 25.1 Å². The quantitative estimate of drug-likeness (QED) is 0.877. The van der Waals surface area contributed by atoms with Crippen molar-refractivity contribution in [1.82, 2.24) is 5.32 Å². The van der Waals surface area contributed by atoms with Crippen molar-refractivity contribution < 1.29 is 14.3 Å². The maximum Gasteiger partial charge on any atom is 0.265 e. The zero-order chi connectivity index (χ0) is 18.7. The summed E-state index contributed by atoms with van der Waals surface area (Å²) in [6, 6.07) is 6.15. The molecule has 3 atom stereocenters. The molecule has 1 heterocycles. The van der Waals surface area contributed by atoms with E-state index >= 15 is 0 Å². The van der Waals surface area contributed by atoms with Gasteiger partial charge in [-0.1, -0.05) is 32.8 Å². The van der Waals surface area contributed by atoms with Crippen molar-refractivity contribution in [2.45, 2.75) is 58.9 Å². The van der Waals surface area contributed by atoms with Crippen LogP contribution in [0.3, 0.4) is 0 Å². The monoisotopic (exact) mass is 358 g/mol. The van der Waals surface area contributed by atoms with E-state index in [9.17, 15) is 9.59 Å². The summed E-state index contributed by atoms with van der Waals surface area (Å²) in [5, 5.41) is 3.21. The summed E-state index contributed by atoms with van der Waals surface area (Å²) in [5.41, 5.74) is 1.90. The molecule has 1 aliphatic carbocycles. The van der Waals surface area contributed by atoms with Gasteiger partial charge in [-0.15, -0.1) is 0 Å². The molecule has 1 aliphatic heterocycles. The molecule has 2 amide bonds. The first-order valence-corrected chi connectivity index (χ1v) is 9.79. The van der Waals surface area contributed by atoms with E-state index in [1.165, 1.54) is 12.8 Å². The molecule has 1 fully saturated rings. The van der Waals surface area contributed by atoms with Gasteiger partial charge in [-0.25, -0.2) is 0 Å². The number of carbonyl (C=O) groups is 2. The van der Waals surface area contributed by atoms with E-state index in [0.29, 0.717) is 37.3 Å². The smallest absolute Gasteiger partial charge is 0.265 e. The van der Waals surface area contributed by atoms with E-state index < -0.39 is 0 Å². The molecule has 0 radical (unpaired) electrons. The zero-order valence-corrected chi connectivity index (χ0v) is 16.1. The summed E-state index contributed by atoms with van der Waals surface area (Å²) in [7, 11) is 0. The molecule has 0 unspecified atom stereocenters. The van der Waals surface area contributed by atoms with Crippen molar-refractivity contribution in [1.29, 1.82) is 0 Å². The van der Waals surface area contributed by atoms with Gasteiger partial charge in [-0.2, -0.15) is 0 Å². The van der Waals surface area contributed by atoms with Gasteiger partial charge in [0.05, 0.1) is 5.69 Å². The van der Waals surface area contributed by atoms with Crippen LogP contribution in [-0.2, 0) is 9.59 Å². The Morgan fingerprint density at radius 3 is 2.92 bits per heavy atom. The molecular formula is C21H30N2O3. The molecule has 0 saturated heterocycles. The average molecular weight is 358 g/mol. The molecule has 1 aromatic rings. The van der Waals surface area contributed by atoms with Gasteiger partial charge in [0, 0.05) is 19.0 Å². The molecule has 0 bridgehead atoms. The van der Waals surface area contributed by atoms with Crippen molar-refractivity contribution in [2.75, 3.05) is 18.1 Å². The number of nitrogens with one attached hydrogen (secondary N) is 1. The first-order valence-electron chi connectivity index (χ1n) is 9.79. The number of anilines is 1. The minimum Gasteiger partial charge on any atom is -0.482 e. The highest BCUT2D eigenvalue weighted by Gasteiger charge is 2.28. The van der Waals surface area contributed by atoms with Gasteiger partial charge in [0.1, 0.15) is 5.75 Å². The molecule has 3 rings (SSSR count). The fourth-order valence-electron chi connectivity index (χ4n) is 4.02. The molecule has 2 aliphatic rings. The van der Waals surface area contributed by atoms with Crippen LogP contribution < -0.4 is 15.0 Å². The highest BCUT2D eigenvalue weighted by molar-refractivity contribution is 5.98. The van der Waals surface area contributed by atoms with Gasteiger partial charge in [0.15, 0.2) is 6.61 Å². The molecule has 5 nitrogen and oxygen atoms in total. The van der Waals surface area contributed by atoms with Crippen LogP contribution in [0.4, 0.5) is 5.69 Å². The lowest BCUT2D eigenvalue weighted by atomic mass is 9.78. The Hall–Kier alpha value is -2.04. The number of aryl methyl sites for hydroxylation is 1. The number of amides is 2. The second-order valence-electron chi connectivity index (χ2n) is 7.85. The van der Waals surface area contributed by atoms with Gasteiger partial charge in [0.25, 0.3) is 5.91 Å². The number of rotatable bonds is 5. The van der Waals surface area contributed by atoms with Crippen LogP contribution >= 0.6 is 0 Å². The normalized spacial score (nSPS) is 25.4. The third-order valence-corrected chi connectivity index (χ3v) is 5.90. The van der Waals surface area contributed by atoms with Crippen LogP contribution in [0.25, 0.3) is 0 Å². The largest absolute Gasteiger partial charge is 0.482 e. The minimum atomic E-state index is -0.0433. The SMILES string of the molecule is Cc1ccc2c(c1)N(CCCC(=O)N[C@@H]1CCC[C@@H](C)[C@H]1C)C(=O)CO2. The van der Waals surface area contributed by atoms with Gasteiger partial charge < -0.3 is 15.0 Å². The van der Waals surface area contributed by atoms with Crippen LogP contribution in [0, 0.1) is 18.8 Å². The van der Waals surface area contributed by atoms with Crippen molar-refractivity contribution in [3.05, 3.63) is 23.8 Å². The molecule has 142 valence electrons. The molecule has 1 saturated carbocycles. The Bertz CT molecular complexity index is 673. The standard InChI is InChI=1S/C21H30N2O3/c1-14-9-10-19-18(12-14)23(21(25)13-26-19)11-5-8-20(24)22-17-7-4-6-15(2)16(17)3/h9-10,12,15-17H,4-8,11,13H2,1-3H3,(H,22,24)/t15-,16-,17-/m1/s1. The topological polar surface area (TPSA) is 58.6 Å². The van der Waals surface area contributed by atoms with Gasteiger partial charge in [-0.3, -0.25) is 9.59 Å². The predicted molar refractivity (Wildman–Crippen MR) is 102 cm³/mol. The van der Waals surface area contributed by atoms with E-state index in [0.717, 1.165) is 23.4 Å². The number of nitrogens with zero attached hydrogens (tertiary/aromatic N) is 1. The molecule has 1 aromatic carbocycles. The summed E-state index contributed by atoms with van der Waals surface area (Å²) in [5.74, 6) is 1.99. The number of carbonyl (C=O) groups excluding carboxylic acids is 2. The molecule has 0 spiro atoms. The lowest BCUT2D eigenvalue weighted by Crippen LogP contribution is -2.44. The Labute approximate surface area is 156 Å². The van der Waals surface area contributed by atoms with Crippen LogP contribution in [0.5, 0.6) is 5.75 Å². The fourth-order valence-corrected chi connectivity index (χ4v) is 4.02. The molecule has 0 aromatic heterocycles. The second kappa shape index (κ2) is 8.11. The van der Waals surface area contributed by atoms with Crippen LogP contribution in [0.1, 0.15) is 51.5 Å². The first-order chi connectivity index (χ1) is 12.5. The van der Waals surface area contributed by atoms with Crippen LogP contribution in [0.15, 0.2) is 18.2 Å². The molecule has 26 heavy (non-hydrogen) atoms. The Morgan fingerprint density at radius 2 is 2.12 bits per heavy atom. The predicted octanol–water partition coefficient (Wildman–Crippen LogP) is 3.44. The second-order valence-corrected chi connectivity index (χ2v) is 7.85. The molecule has 1 N–H and O–H groups in total. The van der Waals surface area contributed by atoms with E-state index in [1.54, 1.807) is 4.90 Å². The lowest BCUT2D eigenvalue weighted by molar-refractivity contribution is -0.123. The third-order valence-electron chi connectivity index (χ3n) is 5.90. The number of hydrogen-bond acceptors (Lipinski definition) is 3. The summed E-state index contributed by atoms with van der Waals surface area (Å²) < 4.78 is 5.50. The summed E-state index contributed by atoms with van der Waals surface area (Å²) in [6.07, 6.45) is 4.62. The van der Waals surface area contributed by atoms with E-state index in [4.69, 9.17) is 4.74 Å². The number of hydrogen-bond donors (Lipinski definition) is 1. The highest BCUT2D eigenvalue weighted by Crippen LogP contribution is 2.33. The van der Waals surface area contributed by atoms with Crippen LogP contribution in [0.2, 0.25) is 0 Å². The Morgan fingerprint density at radius 1 is 1.31 bits per heavy atom. The van der Waals surface area contributed by atoms with Crippen molar-refractivity contribution >= 4 is 17.5 Å².